The first-order valence-corrected chi connectivity index (χ1v) is 15.2. The Morgan fingerprint density at radius 2 is 1.80 bits per heavy atom. The molecule has 12 nitrogen and oxygen atoms in total. The summed E-state index contributed by atoms with van der Waals surface area (Å²) in [6.45, 7) is 0.254. The van der Waals surface area contributed by atoms with Crippen molar-refractivity contribution in [3.63, 3.8) is 0 Å². The molecular formula is C34H34N10O2. The van der Waals surface area contributed by atoms with E-state index in [1.807, 2.05) is 55.7 Å². The highest BCUT2D eigenvalue weighted by Crippen LogP contribution is 2.30. The monoisotopic (exact) mass is 614 g/mol. The zero-order chi connectivity index (χ0) is 31.9. The van der Waals surface area contributed by atoms with Crippen LogP contribution in [0, 0.1) is 11.3 Å². The standard InChI is InChI=1S/C34H34N10O2/c1-43-21-28(20-40-43)25-7-12-31(37-18-25)44(34(46)39-16-23-5-3-2-4-6-23)30-10-8-29(9-11-30)41-33-38-19-27(14-35)32(42-33)26-13-24(22-45)15-36-17-26/h2-7,12-13,15,17-21,29-30,45H,8-11,16,22H2,1H3,(H,39,46)(H,38,41,42). The zero-order valence-corrected chi connectivity index (χ0v) is 25.4. The topological polar surface area (TPSA) is 158 Å². The van der Waals surface area contributed by atoms with Crippen LogP contribution in [-0.2, 0) is 20.2 Å². The van der Waals surface area contributed by atoms with Gasteiger partial charge in [0.05, 0.1) is 30.3 Å². The molecule has 1 fully saturated rings. The van der Waals surface area contributed by atoms with E-state index in [0.29, 0.717) is 40.7 Å². The van der Waals surface area contributed by atoms with E-state index >= 15 is 0 Å². The number of urea groups is 1. The Kier molecular flexibility index (Phi) is 9.22. The van der Waals surface area contributed by atoms with Crippen molar-refractivity contribution in [1.82, 2.24) is 35.0 Å². The highest BCUT2D eigenvalue weighted by Gasteiger charge is 2.31. The predicted molar refractivity (Wildman–Crippen MR) is 173 cm³/mol. The number of carbonyl (C=O) groups excluding carboxylic acids is 1. The molecule has 1 aliphatic rings. The number of nitrogens with zero attached hydrogens (tertiary/aromatic N) is 8. The summed E-state index contributed by atoms with van der Waals surface area (Å²) in [6.07, 6.45) is 13.2. The van der Waals surface area contributed by atoms with Gasteiger partial charge in [-0.3, -0.25) is 14.6 Å². The minimum atomic E-state index is -0.194. The number of rotatable bonds is 9. The van der Waals surface area contributed by atoms with Crippen LogP contribution in [0.4, 0.5) is 16.6 Å². The lowest BCUT2D eigenvalue weighted by molar-refractivity contribution is 0.240. The van der Waals surface area contributed by atoms with Crippen LogP contribution in [0.1, 0.15) is 42.4 Å². The van der Waals surface area contributed by atoms with Crippen molar-refractivity contribution in [2.45, 2.75) is 50.9 Å². The largest absolute Gasteiger partial charge is 0.392 e. The van der Waals surface area contributed by atoms with Crippen molar-refractivity contribution in [2.24, 2.45) is 7.05 Å². The van der Waals surface area contributed by atoms with Gasteiger partial charge < -0.3 is 15.7 Å². The quantitative estimate of drug-likeness (QED) is 0.211. The molecule has 0 saturated heterocycles. The summed E-state index contributed by atoms with van der Waals surface area (Å²) in [4.78, 5) is 33.4. The van der Waals surface area contributed by atoms with Crippen LogP contribution < -0.4 is 15.5 Å². The van der Waals surface area contributed by atoms with Crippen LogP contribution in [-0.4, -0.2) is 52.9 Å². The molecule has 12 heteroatoms. The first-order valence-electron chi connectivity index (χ1n) is 15.2. The van der Waals surface area contributed by atoms with E-state index in [1.165, 1.54) is 6.20 Å². The van der Waals surface area contributed by atoms with E-state index < -0.39 is 0 Å². The Hall–Kier alpha value is -5.67. The molecule has 6 rings (SSSR count). The molecule has 46 heavy (non-hydrogen) atoms. The van der Waals surface area contributed by atoms with Gasteiger partial charge >= 0.3 is 6.03 Å². The molecule has 0 spiro atoms. The zero-order valence-electron chi connectivity index (χ0n) is 25.4. The Bertz CT molecular complexity index is 1830. The summed E-state index contributed by atoms with van der Waals surface area (Å²) >= 11 is 0. The average molecular weight is 615 g/mol. The maximum absolute atomic E-state index is 13.7. The maximum atomic E-state index is 13.7. The molecule has 0 radical (unpaired) electrons. The van der Waals surface area contributed by atoms with Gasteiger partial charge in [-0.2, -0.15) is 10.4 Å². The number of aromatic nitrogens is 6. The fourth-order valence-electron chi connectivity index (χ4n) is 5.70. The molecule has 0 bridgehead atoms. The number of pyridine rings is 2. The highest BCUT2D eigenvalue weighted by atomic mass is 16.3. The summed E-state index contributed by atoms with van der Waals surface area (Å²) < 4.78 is 1.74. The number of nitrogens with one attached hydrogen (secondary N) is 2. The SMILES string of the molecule is Cn1cc(-c2ccc(N(C(=O)NCc3ccccc3)C3CCC(Nc4ncc(C#N)c(-c5cncc(CO)c5)n4)CC3)nc2)cn1. The van der Waals surface area contributed by atoms with Crippen LogP contribution in [0.3, 0.4) is 0 Å². The van der Waals surface area contributed by atoms with Crippen molar-refractivity contribution in [3.8, 4) is 28.5 Å². The summed E-state index contributed by atoms with van der Waals surface area (Å²) in [5.74, 6) is 1.00. The maximum Gasteiger partial charge on any atom is 0.323 e. The minimum absolute atomic E-state index is 0.0599. The second-order valence-electron chi connectivity index (χ2n) is 11.3. The number of hydrogen-bond acceptors (Lipinski definition) is 9. The van der Waals surface area contributed by atoms with E-state index in [1.54, 1.807) is 40.4 Å². The van der Waals surface area contributed by atoms with Crippen molar-refractivity contribution in [1.29, 1.82) is 5.26 Å². The number of carbonyl (C=O) groups is 1. The number of benzene rings is 1. The number of aliphatic hydroxyl groups excluding tert-OH is 1. The fraction of sp³-hybridized carbons (Fsp3) is 0.265. The molecule has 1 saturated carbocycles. The number of aryl methyl sites for hydroxylation is 1. The Labute approximate surface area is 266 Å². The molecule has 232 valence electrons. The Morgan fingerprint density at radius 3 is 2.50 bits per heavy atom. The second-order valence-corrected chi connectivity index (χ2v) is 11.3. The van der Waals surface area contributed by atoms with Crippen LogP contribution in [0.5, 0.6) is 0 Å². The second kappa shape index (κ2) is 14.0. The number of anilines is 2. The third-order valence-corrected chi connectivity index (χ3v) is 8.09. The number of nitriles is 1. The number of hydrogen-bond donors (Lipinski definition) is 3. The van der Waals surface area contributed by atoms with E-state index in [9.17, 15) is 15.2 Å². The van der Waals surface area contributed by atoms with Gasteiger partial charge in [0, 0.05) is 67.2 Å². The van der Waals surface area contributed by atoms with Gasteiger partial charge in [0.2, 0.25) is 5.95 Å². The molecule has 4 heterocycles. The molecule has 3 N–H and O–H groups in total. The molecular weight excluding hydrogens is 580 g/mol. The van der Waals surface area contributed by atoms with Crippen molar-refractivity contribution in [2.75, 3.05) is 10.2 Å². The summed E-state index contributed by atoms with van der Waals surface area (Å²) in [5, 5.41) is 29.9. The number of aliphatic hydroxyl groups is 1. The summed E-state index contributed by atoms with van der Waals surface area (Å²) in [5.41, 5.74) is 4.95. The third kappa shape index (κ3) is 7.00. The van der Waals surface area contributed by atoms with Crippen LogP contribution in [0.15, 0.2) is 85.7 Å². The molecule has 4 aromatic heterocycles. The summed E-state index contributed by atoms with van der Waals surface area (Å²) in [7, 11) is 1.87. The van der Waals surface area contributed by atoms with Gasteiger partial charge in [0.25, 0.3) is 0 Å². The van der Waals surface area contributed by atoms with Crippen molar-refractivity contribution < 1.29 is 9.90 Å². The van der Waals surface area contributed by atoms with Gasteiger partial charge in [0.1, 0.15) is 11.9 Å². The van der Waals surface area contributed by atoms with Crippen LogP contribution in [0.2, 0.25) is 0 Å². The molecule has 0 atom stereocenters. The molecule has 0 aliphatic heterocycles. The lowest BCUT2D eigenvalue weighted by Gasteiger charge is -2.36. The lowest BCUT2D eigenvalue weighted by atomic mass is 9.90. The van der Waals surface area contributed by atoms with Crippen LogP contribution in [0.25, 0.3) is 22.4 Å². The summed E-state index contributed by atoms with van der Waals surface area (Å²) in [6, 6.07) is 17.4. The normalized spacial score (nSPS) is 15.9. The highest BCUT2D eigenvalue weighted by molar-refractivity contribution is 5.91. The predicted octanol–water partition coefficient (Wildman–Crippen LogP) is 4.84. The van der Waals surface area contributed by atoms with E-state index in [-0.39, 0.29) is 24.7 Å². The van der Waals surface area contributed by atoms with Crippen molar-refractivity contribution in [3.05, 3.63) is 102 Å². The Balaban J connectivity index is 1.17. The van der Waals surface area contributed by atoms with Crippen LogP contribution >= 0.6 is 0 Å². The van der Waals surface area contributed by atoms with E-state index in [4.69, 9.17) is 4.98 Å². The molecule has 5 aromatic rings. The molecule has 2 amide bonds. The first kappa shape index (κ1) is 30.4. The van der Waals surface area contributed by atoms with Gasteiger partial charge in [-0.1, -0.05) is 30.3 Å². The molecule has 1 aromatic carbocycles. The molecule has 1 aliphatic carbocycles. The van der Waals surface area contributed by atoms with Gasteiger partial charge in [-0.25, -0.2) is 19.7 Å². The fourth-order valence-corrected chi connectivity index (χ4v) is 5.70. The van der Waals surface area contributed by atoms with Gasteiger partial charge in [-0.05, 0) is 55.0 Å². The van der Waals surface area contributed by atoms with E-state index in [0.717, 1.165) is 42.4 Å². The smallest absolute Gasteiger partial charge is 0.323 e. The minimum Gasteiger partial charge on any atom is -0.392 e. The third-order valence-electron chi connectivity index (χ3n) is 8.09. The van der Waals surface area contributed by atoms with Crippen molar-refractivity contribution >= 4 is 17.8 Å². The lowest BCUT2D eigenvalue weighted by Crippen LogP contribution is -2.49. The average Bonchev–Trinajstić information content (AvgIpc) is 3.55. The Morgan fingerprint density at radius 1 is 0.978 bits per heavy atom. The van der Waals surface area contributed by atoms with E-state index in [2.05, 4.69) is 36.8 Å². The first-order chi connectivity index (χ1) is 22.5. The molecule has 0 unspecified atom stereocenters. The van der Waals surface area contributed by atoms with Gasteiger partial charge in [-0.15, -0.1) is 0 Å². The van der Waals surface area contributed by atoms with Gasteiger partial charge in [0.15, 0.2) is 0 Å². The number of amides is 2.